The highest BCUT2D eigenvalue weighted by molar-refractivity contribution is 7.15. The van der Waals surface area contributed by atoms with Gasteiger partial charge in [-0.3, -0.25) is 4.98 Å². The van der Waals surface area contributed by atoms with Crippen molar-refractivity contribution in [3.8, 4) is 27.9 Å². The Morgan fingerprint density at radius 1 is 1.19 bits per heavy atom. The maximum atomic E-state index is 9.30. The van der Waals surface area contributed by atoms with Crippen LogP contribution >= 0.6 is 22.9 Å². The lowest BCUT2D eigenvalue weighted by Crippen LogP contribution is -2.02. The standard InChI is InChI=1S/C18H11ClN6S/c1-9-23-8-14(26-9)17-16(24-13(7-20)18(21)25-17)11-5-10-3-2-4-22-15(10)12(19)6-11/h2-6,8H,1H3,(H2,21,25). The van der Waals surface area contributed by atoms with Crippen LogP contribution in [0.25, 0.3) is 32.7 Å². The maximum Gasteiger partial charge on any atom is 0.183 e. The SMILES string of the molecule is Cc1ncc(-c2nc(N)c(C#N)nc2-c2cc(Cl)c3ncccc3c2)s1. The van der Waals surface area contributed by atoms with E-state index in [1.54, 1.807) is 18.5 Å². The Balaban J connectivity index is 2.03. The largest absolute Gasteiger partial charge is 0.381 e. The summed E-state index contributed by atoms with van der Waals surface area (Å²) in [6.07, 6.45) is 3.42. The molecule has 2 N–H and O–H groups in total. The fourth-order valence-corrected chi connectivity index (χ4v) is 3.70. The normalized spacial score (nSPS) is 10.8. The molecule has 8 heteroatoms. The summed E-state index contributed by atoms with van der Waals surface area (Å²) >= 11 is 7.89. The molecule has 4 rings (SSSR count). The number of rotatable bonds is 2. The molecular weight excluding hydrogens is 368 g/mol. The van der Waals surface area contributed by atoms with E-state index < -0.39 is 0 Å². The van der Waals surface area contributed by atoms with E-state index >= 15 is 0 Å². The van der Waals surface area contributed by atoms with E-state index in [0.717, 1.165) is 20.8 Å². The first kappa shape index (κ1) is 16.4. The first-order valence-electron chi connectivity index (χ1n) is 7.62. The van der Waals surface area contributed by atoms with Crippen LogP contribution in [0.2, 0.25) is 5.02 Å². The lowest BCUT2D eigenvalue weighted by Gasteiger charge is -2.10. The molecular formula is C18H11ClN6S. The fraction of sp³-hybridized carbons (Fsp3) is 0.0556. The molecule has 6 nitrogen and oxygen atoms in total. The van der Waals surface area contributed by atoms with Gasteiger partial charge in [-0.1, -0.05) is 17.7 Å². The molecule has 0 fully saturated rings. The predicted molar refractivity (Wildman–Crippen MR) is 103 cm³/mol. The summed E-state index contributed by atoms with van der Waals surface area (Å²) in [5, 5.41) is 11.6. The summed E-state index contributed by atoms with van der Waals surface area (Å²) < 4.78 is 0. The number of hydrogen-bond acceptors (Lipinski definition) is 7. The van der Waals surface area contributed by atoms with Gasteiger partial charge in [-0.05, 0) is 25.1 Å². The topological polar surface area (TPSA) is 101 Å². The van der Waals surface area contributed by atoms with Crippen LogP contribution in [-0.2, 0) is 0 Å². The maximum absolute atomic E-state index is 9.30. The van der Waals surface area contributed by atoms with Gasteiger partial charge in [0.25, 0.3) is 0 Å². The number of fused-ring (bicyclic) bond motifs is 1. The number of thiazole rings is 1. The molecule has 0 spiro atoms. The van der Waals surface area contributed by atoms with E-state index in [0.29, 0.717) is 21.9 Å². The van der Waals surface area contributed by atoms with Crippen molar-refractivity contribution < 1.29 is 0 Å². The first-order valence-corrected chi connectivity index (χ1v) is 8.81. The third-order valence-corrected chi connectivity index (χ3v) is 5.02. The van der Waals surface area contributed by atoms with E-state index in [9.17, 15) is 5.26 Å². The van der Waals surface area contributed by atoms with Gasteiger partial charge in [-0.25, -0.2) is 15.0 Å². The molecule has 0 radical (unpaired) electrons. The second-order valence-corrected chi connectivity index (χ2v) is 7.19. The lowest BCUT2D eigenvalue weighted by atomic mass is 10.1. The summed E-state index contributed by atoms with van der Waals surface area (Å²) in [6.45, 7) is 1.91. The van der Waals surface area contributed by atoms with Crippen LogP contribution in [0.15, 0.2) is 36.7 Å². The summed E-state index contributed by atoms with van der Waals surface area (Å²) in [4.78, 5) is 18.3. The van der Waals surface area contributed by atoms with Crippen molar-refractivity contribution in [1.82, 2.24) is 19.9 Å². The van der Waals surface area contributed by atoms with Gasteiger partial charge in [-0.2, -0.15) is 5.26 Å². The molecule has 0 saturated heterocycles. The van der Waals surface area contributed by atoms with Gasteiger partial charge in [0.15, 0.2) is 11.5 Å². The molecule has 26 heavy (non-hydrogen) atoms. The number of aryl methyl sites for hydroxylation is 1. The van der Waals surface area contributed by atoms with Crippen molar-refractivity contribution in [2.24, 2.45) is 0 Å². The number of anilines is 1. The Kier molecular flexibility index (Phi) is 3.99. The van der Waals surface area contributed by atoms with Crippen LogP contribution in [0.4, 0.5) is 5.82 Å². The third kappa shape index (κ3) is 2.75. The number of nitrogen functional groups attached to an aromatic ring is 1. The van der Waals surface area contributed by atoms with E-state index in [4.69, 9.17) is 17.3 Å². The van der Waals surface area contributed by atoms with Crippen LogP contribution in [0, 0.1) is 18.3 Å². The molecule has 3 heterocycles. The number of pyridine rings is 1. The van der Waals surface area contributed by atoms with Crippen molar-refractivity contribution in [1.29, 1.82) is 5.26 Å². The molecule has 3 aromatic heterocycles. The number of nitriles is 1. The lowest BCUT2D eigenvalue weighted by molar-refractivity contribution is 1.18. The molecule has 4 aromatic rings. The van der Waals surface area contributed by atoms with Gasteiger partial charge >= 0.3 is 0 Å². The number of nitrogens with two attached hydrogens (primary N) is 1. The van der Waals surface area contributed by atoms with Crippen LogP contribution in [0.1, 0.15) is 10.7 Å². The second kappa shape index (κ2) is 6.33. The fourth-order valence-electron chi connectivity index (χ4n) is 2.66. The Labute approximate surface area is 158 Å². The predicted octanol–water partition coefficient (Wildman–Crippen LogP) is 4.23. The zero-order valence-electron chi connectivity index (χ0n) is 13.6. The summed E-state index contributed by atoms with van der Waals surface area (Å²) in [6, 6.07) is 9.44. The molecule has 0 aliphatic rings. The summed E-state index contributed by atoms with van der Waals surface area (Å²) in [5.74, 6) is 0.0888. The van der Waals surface area contributed by atoms with E-state index in [1.807, 2.05) is 31.2 Å². The van der Waals surface area contributed by atoms with Crippen molar-refractivity contribution >= 4 is 39.7 Å². The van der Waals surface area contributed by atoms with Gasteiger partial charge < -0.3 is 5.73 Å². The summed E-state index contributed by atoms with van der Waals surface area (Å²) in [7, 11) is 0. The molecule has 1 aromatic carbocycles. The van der Waals surface area contributed by atoms with Crippen LogP contribution in [0.3, 0.4) is 0 Å². The van der Waals surface area contributed by atoms with Gasteiger partial charge in [0.2, 0.25) is 0 Å². The third-order valence-electron chi connectivity index (χ3n) is 3.82. The molecule has 0 aliphatic carbocycles. The minimum Gasteiger partial charge on any atom is -0.381 e. The average molecular weight is 379 g/mol. The van der Waals surface area contributed by atoms with Crippen LogP contribution in [-0.4, -0.2) is 19.9 Å². The molecule has 0 unspecified atom stereocenters. The van der Waals surface area contributed by atoms with Gasteiger partial charge in [-0.15, -0.1) is 11.3 Å². The highest BCUT2D eigenvalue weighted by atomic mass is 35.5. The molecule has 0 amide bonds. The Hall–Kier alpha value is -3.08. The van der Waals surface area contributed by atoms with E-state index in [-0.39, 0.29) is 11.5 Å². The monoisotopic (exact) mass is 378 g/mol. The molecule has 126 valence electrons. The van der Waals surface area contributed by atoms with Crippen molar-refractivity contribution in [2.75, 3.05) is 5.73 Å². The minimum absolute atomic E-state index is 0.0763. The first-order chi connectivity index (χ1) is 12.6. The van der Waals surface area contributed by atoms with E-state index in [1.165, 1.54) is 11.3 Å². The van der Waals surface area contributed by atoms with Gasteiger partial charge in [0.05, 0.1) is 26.1 Å². The zero-order valence-corrected chi connectivity index (χ0v) is 15.1. The van der Waals surface area contributed by atoms with Crippen LogP contribution < -0.4 is 5.73 Å². The van der Waals surface area contributed by atoms with Crippen molar-refractivity contribution in [2.45, 2.75) is 6.92 Å². The molecule has 0 saturated carbocycles. The molecule has 0 bridgehead atoms. The van der Waals surface area contributed by atoms with Crippen molar-refractivity contribution in [3.05, 3.63) is 52.4 Å². The smallest absolute Gasteiger partial charge is 0.183 e. The Morgan fingerprint density at radius 3 is 2.77 bits per heavy atom. The minimum atomic E-state index is 0.0763. The second-order valence-electron chi connectivity index (χ2n) is 5.54. The van der Waals surface area contributed by atoms with Crippen LogP contribution in [0.5, 0.6) is 0 Å². The molecule has 0 aliphatic heterocycles. The summed E-state index contributed by atoms with van der Waals surface area (Å²) in [5.41, 5.74) is 8.52. The van der Waals surface area contributed by atoms with Gasteiger partial charge in [0.1, 0.15) is 11.8 Å². The number of halogens is 1. The highest BCUT2D eigenvalue weighted by Gasteiger charge is 2.18. The number of nitrogens with zero attached hydrogens (tertiary/aromatic N) is 5. The van der Waals surface area contributed by atoms with E-state index in [2.05, 4.69) is 19.9 Å². The average Bonchev–Trinajstić information content (AvgIpc) is 3.07. The zero-order chi connectivity index (χ0) is 18.3. The number of benzene rings is 1. The quantitative estimate of drug-likeness (QED) is 0.560. The molecule has 0 atom stereocenters. The van der Waals surface area contributed by atoms with Crippen molar-refractivity contribution in [3.63, 3.8) is 0 Å². The Morgan fingerprint density at radius 2 is 2.04 bits per heavy atom. The van der Waals surface area contributed by atoms with Gasteiger partial charge in [0, 0.05) is 23.3 Å². The number of hydrogen-bond donors (Lipinski definition) is 1. The Bertz CT molecular complexity index is 1190. The number of aromatic nitrogens is 4. The highest BCUT2D eigenvalue weighted by Crippen LogP contribution is 2.36.